The molecule has 0 spiro atoms. The number of sulfonamides is 1. The average Bonchev–Trinajstić information content (AvgIpc) is 3.62. The average molecular weight is 467 g/mol. The first-order chi connectivity index (χ1) is 15.8. The molecule has 5 N–H and O–H groups in total. The molecule has 0 bridgehead atoms. The van der Waals surface area contributed by atoms with Crippen LogP contribution in [0.2, 0.25) is 0 Å². The Balaban J connectivity index is 1.46. The Bertz CT molecular complexity index is 1290. The summed E-state index contributed by atoms with van der Waals surface area (Å²) < 4.78 is 27.0. The second kappa shape index (κ2) is 8.84. The number of hydrogen-bond donors (Lipinski definition) is 4. The van der Waals surface area contributed by atoms with Crippen LogP contribution in [-0.4, -0.2) is 32.3 Å². The van der Waals surface area contributed by atoms with Crippen molar-refractivity contribution in [1.29, 1.82) is 0 Å². The van der Waals surface area contributed by atoms with Crippen molar-refractivity contribution < 1.29 is 18.4 Å². The molecule has 0 aliphatic heterocycles. The number of hydrogen-bond acceptors (Lipinski definition) is 6. The van der Waals surface area contributed by atoms with Gasteiger partial charge < -0.3 is 16.3 Å². The lowest BCUT2D eigenvalue weighted by molar-refractivity contribution is -0.117. The molecule has 0 unspecified atom stereocenters. The lowest BCUT2D eigenvalue weighted by Crippen LogP contribution is -2.20. The van der Waals surface area contributed by atoms with Crippen molar-refractivity contribution in [2.24, 2.45) is 22.7 Å². The number of carbonyl (C=O) groups is 1. The zero-order valence-corrected chi connectivity index (χ0v) is 19.2. The van der Waals surface area contributed by atoms with Crippen LogP contribution < -0.4 is 15.8 Å². The molecule has 0 aromatic heterocycles. The van der Waals surface area contributed by atoms with Crippen LogP contribution in [0.25, 0.3) is 11.1 Å². The maximum Gasteiger partial charge on any atom is 0.240 e. The summed E-state index contributed by atoms with van der Waals surface area (Å²) in [4.78, 5) is 13.0. The summed E-state index contributed by atoms with van der Waals surface area (Å²) in [5, 5.41) is 15.2. The molecular formula is C24H26N4O4S. The van der Waals surface area contributed by atoms with E-state index in [2.05, 4.69) is 15.2 Å². The van der Waals surface area contributed by atoms with Gasteiger partial charge in [0.05, 0.1) is 10.6 Å². The Morgan fingerprint density at radius 1 is 1.15 bits per heavy atom. The maximum atomic E-state index is 12.8. The van der Waals surface area contributed by atoms with Crippen molar-refractivity contribution in [3.63, 3.8) is 0 Å². The Labute approximate surface area is 192 Å². The van der Waals surface area contributed by atoms with E-state index in [-0.39, 0.29) is 22.6 Å². The number of allylic oxidation sites excluding steroid dienone is 4. The molecule has 2 aliphatic rings. The molecule has 0 heterocycles. The maximum absolute atomic E-state index is 12.8. The molecule has 1 saturated carbocycles. The first-order valence-corrected chi connectivity index (χ1v) is 12.1. The number of benzene rings is 2. The lowest BCUT2D eigenvalue weighted by atomic mass is 9.91. The summed E-state index contributed by atoms with van der Waals surface area (Å²) in [5.74, 6) is -0.116. The number of amides is 1. The largest absolute Gasteiger partial charge is 0.411 e. The molecule has 2 aliphatic carbocycles. The van der Waals surface area contributed by atoms with Gasteiger partial charge in [0.25, 0.3) is 0 Å². The van der Waals surface area contributed by atoms with E-state index in [0.29, 0.717) is 29.1 Å². The highest BCUT2D eigenvalue weighted by molar-refractivity contribution is 7.89. The summed E-state index contributed by atoms with van der Waals surface area (Å²) in [6, 6.07) is 13.9. The van der Waals surface area contributed by atoms with E-state index < -0.39 is 10.0 Å². The van der Waals surface area contributed by atoms with Gasteiger partial charge in [-0.1, -0.05) is 41.6 Å². The second-order valence-electron chi connectivity index (χ2n) is 8.17. The summed E-state index contributed by atoms with van der Waals surface area (Å²) in [6.45, 7) is 1.88. The van der Waals surface area contributed by atoms with Crippen LogP contribution in [0.1, 0.15) is 19.8 Å². The van der Waals surface area contributed by atoms with Gasteiger partial charge in [0.2, 0.25) is 15.9 Å². The molecular weight excluding hydrogens is 440 g/mol. The Kier molecular flexibility index (Phi) is 6.09. The van der Waals surface area contributed by atoms with E-state index in [4.69, 9.17) is 10.9 Å². The van der Waals surface area contributed by atoms with Crippen molar-refractivity contribution in [3.05, 3.63) is 71.5 Å². The van der Waals surface area contributed by atoms with Gasteiger partial charge in [0.1, 0.15) is 5.71 Å². The zero-order chi connectivity index (χ0) is 23.8. The third-order valence-electron chi connectivity index (χ3n) is 6.22. The van der Waals surface area contributed by atoms with Gasteiger partial charge in [0.15, 0.2) is 0 Å². The van der Waals surface area contributed by atoms with Crippen molar-refractivity contribution in [3.8, 4) is 11.1 Å². The first-order valence-electron chi connectivity index (χ1n) is 10.6. The number of nitrogens with zero attached hydrogens (tertiary/aromatic N) is 1. The molecule has 0 saturated heterocycles. The molecule has 0 radical (unpaired) electrons. The third kappa shape index (κ3) is 4.42. The Morgan fingerprint density at radius 3 is 2.52 bits per heavy atom. The fourth-order valence-electron chi connectivity index (χ4n) is 4.21. The fourth-order valence-corrected chi connectivity index (χ4v) is 5.16. The second-order valence-corrected chi connectivity index (χ2v) is 10.0. The minimum atomic E-state index is -3.60. The van der Waals surface area contributed by atoms with E-state index in [9.17, 15) is 13.2 Å². The van der Waals surface area contributed by atoms with Gasteiger partial charge in [-0.2, -0.15) is 0 Å². The van der Waals surface area contributed by atoms with Crippen molar-refractivity contribution in [2.45, 2.75) is 24.7 Å². The minimum absolute atomic E-state index is 0.0696. The molecule has 33 heavy (non-hydrogen) atoms. The summed E-state index contributed by atoms with van der Waals surface area (Å²) in [6.07, 6.45) is 3.16. The van der Waals surface area contributed by atoms with E-state index in [0.717, 1.165) is 23.1 Å². The number of anilines is 1. The zero-order valence-electron chi connectivity index (χ0n) is 18.4. The standard InChI is InChI=1S/C24H26N4O4S/c1-14-17(11-12-21(28-30)23(14)25)19-13-20(19)24(29)27-16-9-7-15(8-10-16)18-5-3-4-6-22(18)33(31,32)26-2/h3-11,19-20,26,30H,12-13,25H2,1-2H3,(H,27,29)/t19-,20-/m1/s1. The van der Waals surface area contributed by atoms with Crippen LogP contribution >= 0.6 is 0 Å². The van der Waals surface area contributed by atoms with Crippen LogP contribution in [0.5, 0.6) is 0 Å². The molecule has 2 aromatic carbocycles. The highest BCUT2D eigenvalue weighted by Gasteiger charge is 2.46. The van der Waals surface area contributed by atoms with Crippen LogP contribution in [-0.2, 0) is 14.8 Å². The molecule has 2 atom stereocenters. The quantitative estimate of drug-likeness (QED) is 0.383. The summed E-state index contributed by atoms with van der Waals surface area (Å²) >= 11 is 0. The predicted molar refractivity (Wildman–Crippen MR) is 127 cm³/mol. The monoisotopic (exact) mass is 466 g/mol. The normalized spacial score (nSPS) is 21.6. The number of nitrogens with one attached hydrogen (secondary N) is 2. The molecule has 2 aromatic rings. The third-order valence-corrected chi connectivity index (χ3v) is 7.69. The molecule has 1 amide bonds. The highest BCUT2D eigenvalue weighted by atomic mass is 32.2. The number of rotatable bonds is 6. The number of oxime groups is 1. The lowest BCUT2D eigenvalue weighted by Gasteiger charge is -2.17. The van der Waals surface area contributed by atoms with E-state index >= 15 is 0 Å². The Morgan fingerprint density at radius 2 is 1.85 bits per heavy atom. The number of nitrogens with two attached hydrogens (primary N) is 1. The highest BCUT2D eigenvalue weighted by Crippen LogP contribution is 2.48. The molecule has 9 heteroatoms. The Hall–Kier alpha value is -3.43. The van der Waals surface area contributed by atoms with Gasteiger partial charge in [-0.25, -0.2) is 13.1 Å². The van der Waals surface area contributed by atoms with Gasteiger partial charge in [-0.3, -0.25) is 4.79 Å². The van der Waals surface area contributed by atoms with Crippen molar-refractivity contribution >= 4 is 27.3 Å². The van der Waals surface area contributed by atoms with E-state index in [1.165, 1.54) is 7.05 Å². The van der Waals surface area contributed by atoms with Crippen LogP contribution in [0.15, 0.2) is 81.5 Å². The van der Waals surface area contributed by atoms with Crippen LogP contribution in [0.3, 0.4) is 0 Å². The fraction of sp³-hybridized carbons (Fsp3) is 0.250. The van der Waals surface area contributed by atoms with Gasteiger partial charge in [-0.15, -0.1) is 0 Å². The van der Waals surface area contributed by atoms with Crippen molar-refractivity contribution in [2.75, 3.05) is 12.4 Å². The predicted octanol–water partition coefficient (Wildman–Crippen LogP) is 3.23. The van der Waals surface area contributed by atoms with E-state index in [1.807, 2.05) is 13.0 Å². The first kappa shape index (κ1) is 22.8. The molecule has 8 nitrogen and oxygen atoms in total. The van der Waals surface area contributed by atoms with Crippen LogP contribution in [0.4, 0.5) is 5.69 Å². The SMILES string of the molecule is CNS(=O)(=O)c1ccccc1-c1ccc(NC(=O)[C@@H]2C[C@@H]2C2=CCC(=NO)C(N)=C2C)cc1. The molecule has 4 rings (SSSR count). The van der Waals surface area contributed by atoms with Gasteiger partial charge in [0, 0.05) is 23.6 Å². The van der Waals surface area contributed by atoms with Crippen molar-refractivity contribution in [1.82, 2.24) is 4.72 Å². The van der Waals surface area contributed by atoms with Gasteiger partial charge >= 0.3 is 0 Å². The molecule has 1 fully saturated rings. The van der Waals surface area contributed by atoms with Crippen LogP contribution in [0, 0.1) is 11.8 Å². The molecule has 172 valence electrons. The summed E-state index contributed by atoms with van der Waals surface area (Å²) in [7, 11) is -2.22. The summed E-state index contributed by atoms with van der Waals surface area (Å²) in [5.41, 5.74) is 10.8. The number of carbonyl (C=O) groups excluding carboxylic acids is 1. The topological polar surface area (TPSA) is 134 Å². The van der Waals surface area contributed by atoms with Gasteiger partial charge in [-0.05, 0) is 61.2 Å². The van der Waals surface area contributed by atoms with E-state index in [1.54, 1.807) is 48.5 Å². The minimum Gasteiger partial charge on any atom is -0.411 e. The smallest absolute Gasteiger partial charge is 0.240 e.